The largest absolute Gasteiger partial charge is 0.454 e. The Morgan fingerprint density at radius 2 is 1.61 bits per heavy atom. The summed E-state index contributed by atoms with van der Waals surface area (Å²) in [6.07, 6.45) is 0.868. The number of hydrogen-bond acceptors (Lipinski definition) is 6. The Labute approximate surface area is 183 Å². The Balaban J connectivity index is 1.63. The number of rotatable bonds is 8. The van der Waals surface area contributed by atoms with Crippen molar-refractivity contribution < 1.29 is 24.0 Å². The third kappa shape index (κ3) is 5.46. The maximum Gasteiger partial charge on any atom is 0.338 e. The van der Waals surface area contributed by atoms with E-state index in [1.165, 1.54) is 42.5 Å². The van der Waals surface area contributed by atoms with Gasteiger partial charge in [0.1, 0.15) is 5.75 Å². The van der Waals surface area contributed by atoms with Gasteiger partial charge in [0.15, 0.2) is 12.4 Å². The molecule has 0 aliphatic heterocycles. The van der Waals surface area contributed by atoms with Crippen molar-refractivity contribution in [3.8, 4) is 11.5 Å². The van der Waals surface area contributed by atoms with Gasteiger partial charge in [0.25, 0.3) is 0 Å². The molecule has 0 unspecified atom stereocenters. The van der Waals surface area contributed by atoms with E-state index in [-0.39, 0.29) is 40.2 Å². The molecule has 0 fully saturated rings. The Kier molecular flexibility index (Phi) is 6.99. The van der Waals surface area contributed by atoms with Crippen LogP contribution >= 0.6 is 11.6 Å². The highest BCUT2D eigenvalue weighted by molar-refractivity contribution is 6.32. The number of benzene rings is 3. The molecule has 0 aliphatic rings. The monoisotopic (exact) mass is 439 g/mol. The highest BCUT2D eigenvalue weighted by Crippen LogP contribution is 2.37. The molecule has 0 N–H and O–H groups in total. The van der Waals surface area contributed by atoms with Gasteiger partial charge in [0.05, 0.1) is 15.5 Å². The average Bonchev–Trinajstić information content (AvgIpc) is 2.79. The molecular formula is C23H18ClNO6. The summed E-state index contributed by atoms with van der Waals surface area (Å²) < 4.78 is 10.6. The third-order valence-electron chi connectivity index (χ3n) is 4.47. The van der Waals surface area contributed by atoms with Crippen LogP contribution in [0.2, 0.25) is 5.02 Å². The molecule has 0 heterocycles. The number of para-hydroxylation sites is 1. The molecule has 31 heavy (non-hydrogen) atoms. The lowest BCUT2D eigenvalue weighted by molar-refractivity contribution is -0.385. The van der Waals surface area contributed by atoms with Gasteiger partial charge < -0.3 is 9.47 Å². The van der Waals surface area contributed by atoms with E-state index in [0.29, 0.717) is 5.56 Å². The van der Waals surface area contributed by atoms with E-state index >= 15 is 0 Å². The van der Waals surface area contributed by atoms with Crippen LogP contribution in [-0.2, 0) is 11.2 Å². The second kappa shape index (κ2) is 9.86. The van der Waals surface area contributed by atoms with Crippen molar-refractivity contribution in [2.75, 3.05) is 6.61 Å². The fraction of sp³-hybridized carbons (Fsp3) is 0.130. The average molecular weight is 440 g/mol. The summed E-state index contributed by atoms with van der Waals surface area (Å²) in [7, 11) is 0. The zero-order valence-corrected chi connectivity index (χ0v) is 17.3. The molecule has 0 bridgehead atoms. The summed E-state index contributed by atoms with van der Waals surface area (Å²) in [6.45, 7) is 1.64. The van der Waals surface area contributed by atoms with Gasteiger partial charge in [0.2, 0.25) is 5.75 Å². The first kappa shape index (κ1) is 22.0. The highest BCUT2D eigenvalue weighted by atomic mass is 35.5. The fourth-order valence-electron chi connectivity index (χ4n) is 2.74. The summed E-state index contributed by atoms with van der Waals surface area (Å²) in [5.41, 5.74) is 1.50. The van der Waals surface area contributed by atoms with E-state index in [1.54, 1.807) is 12.1 Å². The number of nitro benzene ring substituents is 1. The number of nitro groups is 1. The second-order valence-electron chi connectivity index (χ2n) is 6.52. The molecule has 3 rings (SSSR count). The quantitative estimate of drug-likeness (QED) is 0.195. The lowest BCUT2D eigenvalue weighted by Crippen LogP contribution is -2.14. The summed E-state index contributed by atoms with van der Waals surface area (Å²) >= 11 is 6.01. The minimum absolute atomic E-state index is 0.0863. The van der Waals surface area contributed by atoms with Gasteiger partial charge in [-0.05, 0) is 42.3 Å². The van der Waals surface area contributed by atoms with Crippen LogP contribution in [0.4, 0.5) is 5.69 Å². The first-order valence-corrected chi connectivity index (χ1v) is 9.77. The van der Waals surface area contributed by atoms with Crippen molar-refractivity contribution in [1.82, 2.24) is 0 Å². The Morgan fingerprint density at radius 3 is 2.23 bits per heavy atom. The topological polar surface area (TPSA) is 95.7 Å². The van der Waals surface area contributed by atoms with Crippen LogP contribution in [0.1, 0.15) is 33.2 Å². The lowest BCUT2D eigenvalue weighted by Gasteiger charge is -2.09. The first-order valence-electron chi connectivity index (χ1n) is 9.39. The van der Waals surface area contributed by atoms with Gasteiger partial charge in [-0.25, -0.2) is 4.79 Å². The van der Waals surface area contributed by atoms with Crippen LogP contribution in [0.25, 0.3) is 0 Å². The zero-order chi connectivity index (χ0) is 22.4. The molecule has 0 aromatic heterocycles. The molecule has 0 aliphatic carbocycles. The molecule has 0 atom stereocenters. The molecule has 0 saturated carbocycles. The number of nitrogens with zero attached hydrogens (tertiary/aromatic N) is 1. The predicted molar refractivity (Wildman–Crippen MR) is 115 cm³/mol. The molecule has 7 nitrogen and oxygen atoms in total. The van der Waals surface area contributed by atoms with Gasteiger partial charge in [-0.2, -0.15) is 0 Å². The number of ether oxygens (including phenoxy) is 2. The molecule has 158 valence electrons. The fourth-order valence-corrected chi connectivity index (χ4v) is 2.95. The standard InChI is InChI=1S/C23H18ClNO6/c1-2-15-6-8-16(9-7-15)21(26)14-30-23(27)17-10-12-18(13-11-17)31-22-19(24)4-3-5-20(22)25(28)29/h3-13H,2,14H2,1H3. The van der Waals surface area contributed by atoms with Crippen LogP contribution in [0.15, 0.2) is 66.7 Å². The van der Waals surface area contributed by atoms with E-state index < -0.39 is 10.9 Å². The van der Waals surface area contributed by atoms with Gasteiger partial charge in [-0.3, -0.25) is 14.9 Å². The summed E-state index contributed by atoms with van der Waals surface area (Å²) in [4.78, 5) is 35.0. The minimum Gasteiger partial charge on any atom is -0.454 e. The van der Waals surface area contributed by atoms with Crippen LogP contribution < -0.4 is 4.74 Å². The van der Waals surface area contributed by atoms with Crippen LogP contribution in [0.3, 0.4) is 0 Å². The summed E-state index contributed by atoms with van der Waals surface area (Å²) in [5, 5.41) is 11.2. The number of halogens is 1. The van der Waals surface area contributed by atoms with Gasteiger partial charge in [-0.15, -0.1) is 0 Å². The SMILES string of the molecule is CCc1ccc(C(=O)COC(=O)c2ccc(Oc3c(Cl)cccc3[N+](=O)[O-])cc2)cc1. The lowest BCUT2D eigenvalue weighted by atomic mass is 10.1. The Bertz CT molecular complexity index is 1110. The van der Waals surface area contributed by atoms with Gasteiger partial charge in [-0.1, -0.05) is 48.9 Å². The molecular weight excluding hydrogens is 422 g/mol. The number of carbonyl (C=O) groups excluding carboxylic acids is 2. The van der Waals surface area contributed by atoms with Crippen molar-refractivity contribution in [1.29, 1.82) is 0 Å². The van der Waals surface area contributed by atoms with Crippen molar-refractivity contribution >= 4 is 29.0 Å². The van der Waals surface area contributed by atoms with E-state index in [0.717, 1.165) is 12.0 Å². The number of aryl methyl sites for hydroxylation is 1. The number of esters is 1. The van der Waals surface area contributed by atoms with E-state index in [4.69, 9.17) is 21.1 Å². The number of carbonyl (C=O) groups is 2. The van der Waals surface area contributed by atoms with E-state index in [2.05, 4.69) is 0 Å². The summed E-state index contributed by atoms with van der Waals surface area (Å²) in [5.74, 6) is -0.820. The molecule has 0 amide bonds. The smallest absolute Gasteiger partial charge is 0.338 e. The minimum atomic E-state index is -0.672. The maximum absolute atomic E-state index is 12.2. The third-order valence-corrected chi connectivity index (χ3v) is 4.77. The normalized spacial score (nSPS) is 10.4. The van der Waals surface area contributed by atoms with Crippen LogP contribution in [0, 0.1) is 10.1 Å². The number of ketones is 1. The van der Waals surface area contributed by atoms with Crippen molar-refractivity contribution in [3.63, 3.8) is 0 Å². The van der Waals surface area contributed by atoms with Crippen molar-refractivity contribution in [2.24, 2.45) is 0 Å². The highest BCUT2D eigenvalue weighted by Gasteiger charge is 2.19. The number of Topliss-reactive ketones (excluding diaryl/α,β-unsaturated/α-hetero) is 1. The summed E-state index contributed by atoms with van der Waals surface area (Å²) in [6, 6.07) is 17.1. The molecule has 0 saturated heterocycles. The number of hydrogen-bond donors (Lipinski definition) is 0. The zero-order valence-electron chi connectivity index (χ0n) is 16.5. The van der Waals surface area contributed by atoms with Crippen LogP contribution in [0.5, 0.6) is 11.5 Å². The molecule has 3 aromatic rings. The molecule has 0 radical (unpaired) electrons. The maximum atomic E-state index is 12.2. The van der Waals surface area contributed by atoms with Crippen LogP contribution in [-0.4, -0.2) is 23.3 Å². The molecule has 0 spiro atoms. The van der Waals surface area contributed by atoms with Gasteiger partial charge in [0, 0.05) is 11.6 Å². The van der Waals surface area contributed by atoms with E-state index in [9.17, 15) is 19.7 Å². The molecule has 3 aromatic carbocycles. The Hall–Kier alpha value is -3.71. The van der Waals surface area contributed by atoms with Crippen molar-refractivity contribution in [3.05, 3.63) is 98.6 Å². The van der Waals surface area contributed by atoms with E-state index in [1.807, 2.05) is 19.1 Å². The van der Waals surface area contributed by atoms with Gasteiger partial charge >= 0.3 is 11.7 Å². The molecule has 8 heteroatoms. The second-order valence-corrected chi connectivity index (χ2v) is 6.93. The van der Waals surface area contributed by atoms with Crippen molar-refractivity contribution in [2.45, 2.75) is 13.3 Å². The Morgan fingerprint density at radius 1 is 0.968 bits per heavy atom. The first-order chi connectivity index (χ1) is 14.9. The predicted octanol–water partition coefficient (Wildman–Crippen LogP) is 5.64.